The summed E-state index contributed by atoms with van der Waals surface area (Å²) < 4.78 is 0. The van der Waals surface area contributed by atoms with Gasteiger partial charge in [0.25, 0.3) is 0 Å². The van der Waals surface area contributed by atoms with Crippen LogP contribution >= 0.6 is 0 Å². The number of hydrogen-bond acceptors (Lipinski definition) is 2. The van der Waals surface area contributed by atoms with Crippen molar-refractivity contribution in [3.63, 3.8) is 0 Å². The van der Waals surface area contributed by atoms with Crippen molar-refractivity contribution in [1.29, 1.82) is 0 Å². The maximum atomic E-state index is 12.3. The number of phenols is 1. The first-order valence-electron chi connectivity index (χ1n) is 5.90. The SMILES string of the molecule is Cc1ccc(O)c(C(=O)c2ccc(C)c(C)c2)c1. The highest BCUT2D eigenvalue weighted by molar-refractivity contribution is 6.10. The van der Waals surface area contributed by atoms with Gasteiger partial charge in [-0.1, -0.05) is 23.8 Å². The van der Waals surface area contributed by atoms with Crippen LogP contribution in [0.5, 0.6) is 5.75 Å². The average Bonchev–Trinajstić information content (AvgIpc) is 2.35. The van der Waals surface area contributed by atoms with E-state index < -0.39 is 0 Å². The fourth-order valence-electron chi connectivity index (χ4n) is 1.87. The predicted octanol–water partition coefficient (Wildman–Crippen LogP) is 3.55. The van der Waals surface area contributed by atoms with Crippen LogP contribution < -0.4 is 0 Å². The van der Waals surface area contributed by atoms with Crippen LogP contribution in [0.25, 0.3) is 0 Å². The van der Waals surface area contributed by atoms with Crippen molar-refractivity contribution >= 4 is 5.78 Å². The second-order valence-corrected chi connectivity index (χ2v) is 4.65. The summed E-state index contributed by atoms with van der Waals surface area (Å²) in [5.74, 6) is -0.108. The molecule has 0 amide bonds. The van der Waals surface area contributed by atoms with Crippen LogP contribution in [0.2, 0.25) is 0 Å². The molecule has 0 bridgehead atoms. The van der Waals surface area contributed by atoms with Crippen LogP contribution in [0.1, 0.15) is 32.6 Å². The highest BCUT2D eigenvalue weighted by atomic mass is 16.3. The Kier molecular flexibility index (Phi) is 3.19. The summed E-state index contributed by atoms with van der Waals surface area (Å²) in [5, 5.41) is 9.77. The molecule has 2 aromatic rings. The number of ketones is 1. The van der Waals surface area contributed by atoms with E-state index in [0.29, 0.717) is 11.1 Å². The van der Waals surface area contributed by atoms with Gasteiger partial charge in [0.15, 0.2) is 5.78 Å². The summed E-state index contributed by atoms with van der Waals surface area (Å²) in [5.41, 5.74) is 4.16. The van der Waals surface area contributed by atoms with Gasteiger partial charge >= 0.3 is 0 Å². The Morgan fingerprint density at radius 2 is 1.67 bits per heavy atom. The van der Waals surface area contributed by atoms with Crippen molar-refractivity contribution in [2.75, 3.05) is 0 Å². The molecule has 0 heterocycles. The van der Waals surface area contributed by atoms with Crippen molar-refractivity contribution in [1.82, 2.24) is 0 Å². The molecule has 2 nitrogen and oxygen atoms in total. The standard InChI is InChI=1S/C16H16O2/c1-10-4-7-15(17)14(8-10)16(18)13-6-5-11(2)12(3)9-13/h4-9,17H,1-3H3. The lowest BCUT2D eigenvalue weighted by Gasteiger charge is -2.07. The normalized spacial score (nSPS) is 10.4. The summed E-state index contributed by atoms with van der Waals surface area (Å²) in [6, 6.07) is 10.6. The molecule has 2 rings (SSSR count). The first-order valence-corrected chi connectivity index (χ1v) is 5.90. The first-order chi connectivity index (χ1) is 8.49. The van der Waals surface area contributed by atoms with E-state index in [1.54, 1.807) is 24.3 Å². The van der Waals surface area contributed by atoms with E-state index in [2.05, 4.69) is 0 Å². The van der Waals surface area contributed by atoms with Gasteiger partial charge in [-0.15, -0.1) is 0 Å². The van der Waals surface area contributed by atoms with Crippen LogP contribution in [-0.4, -0.2) is 10.9 Å². The minimum atomic E-state index is -0.140. The van der Waals surface area contributed by atoms with E-state index in [1.807, 2.05) is 32.9 Å². The second kappa shape index (κ2) is 4.65. The molecule has 1 N–H and O–H groups in total. The fraction of sp³-hybridized carbons (Fsp3) is 0.188. The highest BCUT2D eigenvalue weighted by Crippen LogP contribution is 2.22. The number of phenolic OH excluding ortho intramolecular Hbond substituents is 1. The Morgan fingerprint density at radius 1 is 0.944 bits per heavy atom. The van der Waals surface area contributed by atoms with Gasteiger partial charge in [0.05, 0.1) is 5.56 Å². The number of carbonyl (C=O) groups excluding carboxylic acids is 1. The molecule has 0 saturated carbocycles. The fourth-order valence-corrected chi connectivity index (χ4v) is 1.87. The number of carbonyl (C=O) groups is 1. The van der Waals surface area contributed by atoms with Crippen molar-refractivity contribution < 1.29 is 9.90 Å². The molecule has 0 aromatic heterocycles. The molecule has 0 radical (unpaired) electrons. The van der Waals surface area contributed by atoms with E-state index in [4.69, 9.17) is 0 Å². The van der Waals surface area contributed by atoms with Crippen molar-refractivity contribution in [2.45, 2.75) is 20.8 Å². The maximum absolute atomic E-state index is 12.3. The van der Waals surface area contributed by atoms with Gasteiger partial charge < -0.3 is 5.11 Å². The van der Waals surface area contributed by atoms with Crippen LogP contribution in [0.15, 0.2) is 36.4 Å². The van der Waals surface area contributed by atoms with Gasteiger partial charge in [-0.2, -0.15) is 0 Å². The Labute approximate surface area is 107 Å². The monoisotopic (exact) mass is 240 g/mol. The van der Waals surface area contributed by atoms with Gasteiger partial charge in [-0.05, 0) is 50.1 Å². The van der Waals surface area contributed by atoms with Gasteiger partial charge in [-0.3, -0.25) is 4.79 Å². The molecule has 0 spiro atoms. The Balaban J connectivity index is 2.47. The third-order valence-corrected chi connectivity index (χ3v) is 3.17. The number of aromatic hydroxyl groups is 1. The van der Waals surface area contributed by atoms with Crippen molar-refractivity contribution in [3.8, 4) is 5.75 Å². The number of benzene rings is 2. The zero-order valence-corrected chi connectivity index (χ0v) is 10.8. The van der Waals surface area contributed by atoms with E-state index in [0.717, 1.165) is 16.7 Å². The van der Waals surface area contributed by atoms with Gasteiger partial charge in [0.1, 0.15) is 5.75 Å². The Bertz CT molecular complexity index is 612. The average molecular weight is 240 g/mol. The molecule has 0 aliphatic heterocycles. The van der Waals surface area contributed by atoms with E-state index in [1.165, 1.54) is 0 Å². The summed E-state index contributed by atoms with van der Waals surface area (Å²) in [6.07, 6.45) is 0. The zero-order valence-electron chi connectivity index (χ0n) is 10.8. The molecule has 0 atom stereocenters. The summed E-state index contributed by atoms with van der Waals surface area (Å²) in [4.78, 5) is 12.3. The number of hydrogen-bond donors (Lipinski definition) is 1. The Hall–Kier alpha value is -2.09. The van der Waals surface area contributed by atoms with Gasteiger partial charge in [0, 0.05) is 5.56 Å². The number of aryl methyl sites for hydroxylation is 3. The minimum absolute atomic E-state index is 0.0313. The maximum Gasteiger partial charge on any atom is 0.196 e. The quantitative estimate of drug-likeness (QED) is 0.815. The second-order valence-electron chi connectivity index (χ2n) is 4.65. The smallest absolute Gasteiger partial charge is 0.196 e. The lowest BCUT2D eigenvalue weighted by molar-refractivity contribution is 0.103. The van der Waals surface area contributed by atoms with E-state index >= 15 is 0 Å². The van der Waals surface area contributed by atoms with E-state index in [-0.39, 0.29) is 11.5 Å². The summed E-state index contributed by atoms with van der Waals surface area (Å²) in [7, 11) is 0. The van der Waals surface area contributed by atoms with Crippen LogP contribution in [0.3, 0.4) is 0 Å². The van der Waals surface area contributed by atoms with Crippen LogP contribution in [0.4, 0.5) is 0 Å². The largest absolute Gasteiger partial charge is 0.507 e. The molecule has 2 aromatic carbocycles. The van der Waals surface area contributed by atoms with Gasteiger partial charge in [-0.25, -0.2) is 0 Å². The third kappa shape index (κ3) is 2.28. The number of rotatable bonds is 2. The lowest BCUT2D eigenvalue weighted by Crippen LogP contribution is -2.03. The minimum Gasteiger partial charge on any atom is -0.507 e. The Morgan fingerprint density at radius 3 is 2.33 bits per heavy atom. The molecule has 0 saturated heterocycles. The van der Waals surface area contributed by atoms with Crippen molar-refractivity contribution in [3.05, 3.63) is 64.2 Å². The van der Waals surface area contributed by atoms with Gasteiger partial charge in [0.2, 0.25) is 0 Å². The molecular formula is C16H16O2. The highest BCUT2D eigenvalue weighted by Gasteiger charge is 2.14. The summed E-state index contributed by atoms with van der Waals surface area (Å²) >= 11 is 0. The topological polar surface area (TPSA) is 37.3 Å². The molecule has 0 fully saturated rings. The summed E-state index contributed by atoms with van der Waals surface area (Å²) in [6.45, 7) is 5.88. The van der Waals surface area contributed by atoms with Crippen LogP contribution in [0, 0.1) is 20.8 Å². The van der Waals surface area contributed by atoms with Crippen molar-refractivity contribution in [2.24, 2.45) is 0 Å². The zero-order chi connectivity index (χ0) is 13.3. The molecule has 18 heavy (non-hydrogen) atoms. The third-order valence-electron chi connectivity index (χ3n) is 3.17. The molecule has 92 valence electrons. The molecule has 0 unspecified atom stereocenters. The molecule has 0 aliphatic rings. The molecular weight excluding hydrogens is 224 g/mol. The lowest BCUT2D eigenvalue weighted by atomic mass is 9.98. The van der Waals surface area contributed by atoms with Crippen LogP contribution in [-0.2, 0) is 0 Å². The van der Waals surface area contributed by atoms with E-state index in [9.17, 15) is 9.90 Å². The molecule has 0 aliphatic carbocycles. The predicted molar refractivity (Wildman–Crippen MR) is 72.2 cm³/mol. The molecule has 2 heteroatoms. The first kappa shape index (κ1) is 12.4.